The number of pyridine rings is 2. The summed E-state index contributed by atoms with van der Waals surface area (Å²) in [5.41, 5.74) is 1.53. The van der Waals surface area contributed by atoms with Crippen molar-refractivity contribution in [2.75, 3.05) is 0 Å². The molecule has 2 aromatic heterocycles. The Balaban J connectivity index is 1.98. The third kappa shape index (κ3) is 5.11. The van der Waals surface area contributed by atoms with Crippen LogP contribution in [0.5, 0.6) is 11.5 Å². The van der Waals surface area contributed by atoms with Gasteiger partial charge in [0.25, 0.3) is 0 Å². The van der Waals surface area contributed by atoms with Gasteiger partial charge in [-0.05, 0) is 36.8 Å². The molecule has 0 amide bonds. The summed E-state index contributed by atoms with van der Waals surface area (Å²) in [6.07, 6.45) is 7.00. The van der Waals surface area contributed by atoms with Crippen LogP contribution in [0.15, 0.2) is 73.3 Å². The summed E-state index contributed by atoms with van der Waals surface area (Å²) in [6, 6.07) is 15.0. The van der Waals surface area contributed by atoms with Gasteiger partial charge in [-0.1, -0.05) is 36.8 Å². The maximum atomic E-state index is 12.9. The summed E-state index contributed by atoms with van der Waals surface area (Å²) in [4.78, 5) is 20.9. The van der Waals surface area contributed by atoms with Gasteiger partial charge < -0.3 is 9.05 Å². The largest absolute Gasteiger partial charge is 0.438 e. The number of carbonyl (C=O) groups is 1. The molecule has 2 heterocycles. The lowest BCUT2D eigenvalue weighted by molar-refractivity contribution is -0.118. The van der Waals surface area contributed by atoms with Crippen molar-refractivity contribution in [3.63, 3.8) is 0 Å². The molecule has 5 nitrogen and oxygen atoms in total. The van der Waals surface area contributed by atoms with Crippen molar-refractivity contribution in [1.29, 1.82) is 0 Å². The van der Waals surface area contributed by atoms with E-state index in [0.29, 0.717) is 17.9 Å². The van der Waals surface area contributed by atoms with E-state index in [-0.39, 0.29) is 5.78 Å². The second-order valence-corrected chi connectivity index (χ2v) is 7.42. The van der Waals surface area contributed by atoms with E-state index in [1.54, 1.807) is 49.1 Å². The minimum absolute atomic E-state index is 0.0769. The van der Waals surface area contributed by atoms with Gasteiger partial charge in [-0.25, -0.2) is 0 Å². The number of hydrogen-bond acceptors (Lipinski definition) is 5. The highest BCUT2D eigenvalue weighted by Gasteiger charge is 2.34. The van der Waals surface area contributed by atoms with Gasteiger partial charge in [-0.2, -0.15) is 0 Å². The van der Waals surface area contributed by atoms with Crippen molar-refractivity contribution >= 4 is 14.2 Å². The van der Waals surface area contributed by atoms with E-state index in [4.69, 9.17) is 9.05 Å². The molecule has 1 aromatic carbocycles. The first-order valence-electron chi connectivity index (χ1n) is 8.72. The number of hydrogen-bond donors (Lipinski definition) is 0. The number of rotatable bonds is 8. The van der Waals surface area contributed by atoms with Crippen molar-refractivity contribution in [1.82, 2.24) is 9.97 Å². The summed E-state index contributed by atoms with van der Waals surface area (Å²) in [5.74, 6) is 1.31. The first-order valence-corrected chi connectivity index (χ1v) is 9.96. The molecule has 0 spiro atoms. The van der Waals surface area contributed by atoms with Gasteiger partial charge in [0.15, 0.2) is 5.78 Å². The molecule has 6 heteroatoms. The molecule has 27 heavy (non-hydrogen) atoms. The quantitative estimate of drug-likeness (QED) is 0.498. The predicted molar refractivity (Wildman–Crippen MR) is 106 cm³/mol. The monoisotopic (exact) mass is 380 g/mol. The maximum Gasteiger partial charge on any atom is 0.306 e. The fraction of sp³-hybridized carbons (Fsp3) is 0.190. The van der Waals surface area contributed by atoms with E-state index in [0.717, 1.165) is 11.1 Å². The topological polar surface area (TPSA) is 61.3 Å². The highest BCUT2D eigenvalue weighted by atomic mass is 31.2. The van der Waals surface area contributed by atoms with Gasteiger partial charge in [-0.3, -0.25) is 14.8 Å². The van der Waals surface area contributed by atoms with Crippen molar-refractivity contribution < 1.29 is 13.8 Å². The van der Waals surface area contributed by atoms with Crippen LogP contribution in [0.1, 0.15) is 30.1 Å². The zero-order valence-electron chi connectivity index (χ0n) is 15.3. The smallest absolute Gasteiger partial charge is 0.306 e. The van der Waals surface area contributed by atoms with E-state index in [9.17, 15) is 4.79 Å². The molecule has 0 saturated heterocycles. The Kier molecular flexibility index (Phi) is 6.50. The molecule has 3 rings (SSSR count). The van der Waals surface area contributed by atoms with Crippen LogP contribution < -0.4 is 9.05 Å². The molecule has 0 bridgehead atoms. The predicted octanol–water partition coefficient (Wildman–Crippen LogP) is 5.28. The lowest BCUT2D eigenvalue weighted by Gasteiger charge is -2.26. The maximum absolute atomic E-state index is 12.9. The molecule has 0 aliphatic rings. The zero-order chi connectivity index (χ0) is 19.1. The average molecular weight is 380 g/mol. The molecule has 0 saturated carbocycles. The summed E-state index contributed by atoms with van der Waals surface area (Å²) < 4.78 is 12.3. The van der Waals surface area contributed by atoms with E-state index >= 15 is 0 Å². The molecule has 0 radical (unpaired) electrons. The van der Waals surface area contributed by atoms with E-state index in [2.05, 4.69) is 9.97 Å². The Morgan fingerprint density at radius 2 is 1.37 bits per heavy atom. The Labute approximate surface area is 160 Å². The van der Waals surface area contributed by atoms with Crippen LogP contribution in [-0.4, -0.2) is 15.8 Å². The Hall–Kier alpha value is -2.78. The summed E-state index contributed by atoms with van der Waals surface area (Å²) in [6.45, 7) is 3.88. The van der Waals surface area contributed by atoms with Crippen molar-refractivity contribution in [3.05, 3.63) is 84.4 Å². The van der Waals surface area contributed by atoms with Crippen LogP contribution in [0.25, 0.3) is 0 Å². The second-order valence-electron chi connectivity index (χ2n) is 5.97. The third-order valence-corrected chi connectivity index (χ3v) is 5.74. The van der Waals surface area contributed by atoms with Gasteiger partial charge in [-0.15, -0.1) is 0 Å². The van der Waals surface area contributed by atoms with Crippen molar-refractivity contribution in [3.8, 4) is 11.5 Å². The van der Waals surface area contributed by atoms with Crippen LogP contribution in [0.2, 0.25) is 0 Å². The summed E-state index contributed by atoms with van der Waals surface area (Å²) >= 11 is 0. The number of aromatic nitrogens is 2. The van der Waals surface area contributed by atoms with Gasteiger partial charge in [0.1, 0.15) is 17.2 Å². The number of aryl methyl sites for hydroxylation is 1. The van der Waals surface area contributed by atoms with Crippen LogP contribution in [0.4, 0.5) is 0 Å². The normalized spacial score (nSPS) is 11.8. The lowest BCUT2D eigenvalue weighted by atomic mass is 10.1. The standard InChI is InChI=1S/C21H21N2O3P/c1-3-20(24)21(17-6-4-16(2)5-7-17)27(25-18-8-12-22-13-9-18)26-19-10-14-23-15-11-19/h4-15,21H,3H2,1-2H3. The van der Waals surface area contributed by atoms with Gasteiger partial charge in [0.2, 0.25) is 0 Å². The van der Waals surface area contributed by atoms with Crippen LogP contribution >= 0.6 is 8.38 Å². The molecule has 0 aliphatic heterocycles. The number of carbonyl (C=O) groups excluding carboxylic acids is 1. The lowest BCUT2D eigenvalue weighted by Crippen LogP contribution is -2.15. The number of Topliss-reactive ketones (excluding diaryl/α,β-unsaturated/α-hetero) is 1. The molecular formula is C21H21N2O3P. The third-order valence-electron chi connectivity index (χ3n) is 3.95. The molecule has 0 fully saturated rings. The van der Waals surface area contributed by atoms with Crippen LogP contribution in [0.3, 0.4) is 0 Å². The summed E-state index contributed by atoms with van der Waals surface area (Å²) in [5, 5.41) is 0. The highest BCUT2D eigenvalue weighted by Crippen LogP contribution is 2.53. The van der Waals surface area contributed by atoms with Crippen molar-refractivity contribution in [2.24, 2.45) is 0 Å². The minimum atomic E-state index is -1.61. The second kappa shape index (κ2) is 9.24. The minimum Gasteiger partial charge on any atom is -0.438 e. The Bertz CT molecular complexity index is 816. The van der Waals surface area contributed by atoms with Crippen molar-refractivity contribution in [2.45, 2.75) is 25.9 Å². The molecule has 1 unspecified atom stereocenters. The van der Waals surface area contributed by atoms with Gasteiger partial charge in [0.05, 0.1) is 0 Å². The fourth-order valence-electron chi connectivity index (χ4n) is 2.50. The Morgan fingerprint density at radius 3 is 1.81 bits per heavy atom. The number of ketones is 1. The molecule has 0 N–H and O–H groups in total. The van der Waals surface area contributed by atoms with E-state index in [1.807, 2.05) is 38.1 Å². The van der Waals surface area contributed by atoms with Gasteiger partial charge >= 0.3 is 8.38 Å². The van der Waals surface area contributed by atoms with Gasteiger partial charge in [0, 0.05) is 31.2 Å². The fourth-order valence-corrected chi connectivity index (χ4v) is 4.24. The Morgan fingerprint density at radius 1 is 0.889 bits per heavy atom. The van der Waals surface area contributed by atoms with E-state index < -0.39 is 14.0 Å². The first-order chi connectivity index (χ1) is 13.2. The first kappa shape index (κ1) is 19.0. The highest BCUT2D eigenvalue weighted by molar-refractivity contribution is 7.49. The van der Waals surface area contributed by atoms with E-state index in [1.165, 1.54) is 0 Å². The SMILES string of the molecule is CCC(=O)C(c1ccc(C)cc1)P(Oc1ccncc1)Oc1ccncc1. The molecule has 1 atom stereocenters. The number of benzene rings is 1. The average Bonchev–Trinajstić information content (AvgIpc) is 2.71. The molecule has 0 aliphatic carbocycles. The summed E-state index contributed by atoms with van der Waals surface area (Å²) in [7, 11) is -1.61. The number of nitrogens with zero attached hydrogens (tertiary/aromatic N) is 2. The molecular weight excluding hydrogens is 359 g/mol. The zero-order valence-corrected chi connectivity index (χ0v) is 16.2. The molecule has 3 aromatic rings. The molecule has 138 valence electrons. The van der Waals surface area contributed by atoms with Crippen LogP contribution in [-0.2, 0) is 4.79 Å². The van der Waals surface area contributed by atoms with Crippen LogP contribution in [0, 0.1) is 6.92 Å².